The van der Waals surface area contributed by atoms with Gasteiger partial charge in [-0.15, -0.1) is 0 Å². The topological polar surface area (TPSA) is 72.8 Å². The molecule has 0 aromatic rings. The van der Waals surface area contributed by atoms with Gasteiger partial charge in [-0.3, -0.25) is 9.13 Å². The maximum absolute atomic E-state index is 13.0. The third-order valence-corrected chi connectivity index (χ3v) is 10.6. The van der Waals surface area contributed by atoms with Crippen LogP contribution in [0.3, 0.4) is 0 Å². The summed E-state index contributed by atoms with van der Waals surface area (Å²) in [4.78, 5) is 10.2. The molecular weight excluding hydrogens is 454 g/mol. The lowest BCUT2D eigenvalue weighted by Crippen LogP contribution is -2.02. The van der Waals surface area contributed by atoms with Crippen molar-refractivity contribution in [3.8, 4) is 0 Å². The maximum atomic E-state index is 13.0. The first-order chi connectivity index (χ1) is 15.9. The molecule has 0 radical (unpaired) electrons. The molecule has 7 heteroatoms. The Bertz CT molecular complexity index is 513. The van der Waals surface area contributed by atoms with E-state index in [4.69, 9.17) is 8.83 Å². The lowest BCUT2D eigenvalue weighted by Gasteiger charge is -2.21. The van der Waals surface area contributed by atoms with Crippen LogP contribution in [0.5, 0.6) is 0 Å². The molecule has 33 heavy (non-hydrogen) atoms. The average Bonchev–Trinajstić information content (AvgIpc) is 2.76. The van der Waals surface area contributed by atoms with Crippen molar-refractivity contribution in [2.75, 3.05) is 18.9 Å². The summed E-state index contributed by atoms with van der Waals surface area (Å²) < 4.78 is 36.1. The van der Waals surface area contributed by atoms with Gasteiger partial charge in [0.15, 0.2) is 0 Å². The van der Waals surface area contributed by atoms with Crippen molar-refractivity contribution < 1.29 is 22.9 Å². The van der Waals surface area contributed by atoms with Gasteiger partial charge in [0.1, 0.15) is 0 Å². The van der Waals surface area contributed by atoms with Crippen molar-refractivity contribution >= 4 is 15.2 Å². The maximum Gasteiger partial charge on any atom is 0.337 e. The Morgan fingerprint density at radius 3 is 1.21 bits per heavy atom. The number of hydrogen-bond donors (Lipinski definition) is 1. The van der Waals surface area contributed by atoms with E-state index >= 15 is 0 Å². The normalized spacial score (nSPS) is 15.4. The van der Waals surface area contributed by atoms with Crippen LogP contribution in [0.25, 0.3) is 0 Å². The van der Waals surface area contributed by atoms with E-state index in [2.05, 4.69) is 13.8 Å². The van der Waals surface area contributed by atoms with E-state index in [1.807, 2.05) is 0 Å². The highest BCUT2D eigenvalue weighted by Gasteiger charge is 2.33. The van der Waals surface area contributed by atoms with Crippen molar-refractivity contribution in [2.45, 2.75) is 149 Å². The Balaban J connectivity index is 3.97. The minimum Gasteiger partial charge on any atom is -0.324 e. The molecule has 0 aromatic carbocycles. The lowest BCUT2D eigenvalue weighted by molar-refractivity contribution is 0.264. The van der Waals surface area contributed by atoms with Gasteiger partial charge in [-0.05, 0) is 19.8 Å². The molecule has 0 aliphatic carbocycles. The zero-order valence-corrected chi connectivity index (χ0v) is 24.0. The molecule has 0 rings (SSSR count). The highest BCUT2D eigenvalue weighted by Crippen LogP contribution is 2.62. The molecule has 2 unspecified atom stereocenters. The fourth-order valence-electron chi connectivity index (χ4n) is 4.15. The molecular formula is C26H56O5P2. The summed E-state index contributed by atoms with van der Waals surface area (Å²) in [5, 5.41) is 0. The van der Waals surface area contributed by atoms with Crippen LogP contribution in [-0.4, -0.2) is 23.8 Å². The van der Waals surface area contributed by atoms with E-state index in [0.717, 1.165) is 25.7 Å². The molecule has 200 valence electrons. The SMILES string of the molecule is CCCCCCCCCCCCP(=O)(O)OP(=O)(CCCCCCCCCCCC)OCC. The predicted molar refractivity (Wildman–Crippen MR) is 144 cm³/mol. The summed E-state index contributed by atoms with van der Waals surface area (Å²) in [5.74, 6) is 0. The Morgan fingerprint density at radius 1 is 0.515 bits per heavy atom. The third-order valence-electron chi connectivity index (χ3n) is 6.16. The minimum atomic E-state index is -3.89. The van der Waals surface area contributed by atoms with Crippen molar-refractivity contribution in [1.29, 1.82) is 0 Å². The largest absolute Gasteiger partial charge is 0.337 e. The van der Waals surface area contributed by atoms with Crippen LogP contribution in [0, 0.1) is 0 Å². The molecule has 5 nitrogen and oxygen atoms in total. The zero-order chi connectivity index (χ0) is 24.7. The summed E-state index contributed by atoms with van der Waals surface area (Å²) in [7, 11) is -7.39. The smallest absolute Gasteiger partial charge is 0.324 e. The van der Waals surface area contributed by atoms with E-state index in [-0.39, 0.29) is 18.9 Å². The molecule has 0 heterocycles. The van der Waals surface area contributed by atoms with E-state index in [1.165, 1.54) is 89.9 Å². The van der Waals surface area contributed by atoms with E-state index < -0.39 is 15.2 Å². The molecule has 0 saturated carbocycles. The molecule has 0 aliphatic heterocycles. The summed E-state index contributed by atoms with van der Waals surface area (Å²) >= 11 is 0. The molecule has 0 amide bonds. The monoisotopic (exact) mass is 510 g/mol. The Kier molecular flexibility index (Phi) is 23.0. The number of unbranched alkanes of at least 4 members (excludes halogenated alkanes) is 18. The Labute approximate surface area is 206 Å². The second kappa shape index (κ2) is 22.8. The first kappa shape index (κ1) is 33.3. The minimum absolute atomic E-state index is 0.0681. The third kappa shape index (κ3) is 22.5. The molecule has 0 aromatic heterocycles. The van der Waals surface area contributed by atoms with Crippen LogP contribution >= 0.6 is 15.2 Å². The van der Waals surface area contributed by atoms with E-state index in [1.54, 1.807) is 6.92 Å². The van der Waals surface area contributed by atoms with Crippen LogP contribution in [0.4, 0.5) is 0 Å². The highest BCUT2D eigenvalue weighted by molar-refractivity contribution is 7.66. The quantitative estimate of drug-likeness (QED) is 0.0925. The van der Waals surface area contributed by atoms with Crippen molar-refractivity contribution in [3.05, 3.63) is 0 Å². The molecule has 0 spiro atoms. The predicted octanol–water partition coefficient (Wildman–Crippen LogP) is 10.3. The van der Waals surface area contributed by atoms with Crippen LogP contribution < -0.4 is 0 Å². The molecule has 0 bridgehead atoms. The standard InChI is InChI=1S/C26H56O5P2/c1-4-7-9-11-13-15-17-19-21-23-25-32(27,28)31-33(29,30-6-3)26-24-22-20-18-16-14-12-10-8-5-2/h4-26H2,1-3H3,(H,27,28). The van der Waals surface area contributed by atoms with Gasteiger partial charge in [-0.1, -0.05) is 129 Å². The molecule has 1 N–H and O–H groups in total. The van der Waals surface area contributed by atoms with E-state index in [9.17, 15) is 14.0 Å². The van der Waals surface area contributed by atoms with Gasteiger partial charge in [0.2, 0.25) is 0 Å². The lowest BCUT2D eigenvalue weighted by atomic mass is 10.1. The summed E-state index contributed by atoms with van der Waals surface area (Å²) in [6.07, 6.45) is 23.7. The number of hydrogen-bond acceptors (Lipinski definition) is 4. The van der Waals surface area contributed by atoms with Gasteiger partial charge >= 0.3 is 15.2 Å². The first-order valence-corrected chi connectivity index (χ1v) is 17.6. The van der Waals surface area contributed by atoms with E-state index in [0.29, 0.717) is 12.8 Å². The Morgan fingerprint density at radius 2 is 0.848 bits per heavy atom. The zero-order valence-electron chi connectivity index (χ0n) is 22.2. The summed E-state index contributed by atoms with van der Waals surface area (Å²) in [6, 6.07) is 0. The van der Waals surface area contributed by atoms with Crippen molar-refractivity contribution in [1.82, 2.24) is 0 Å². The fraction of sp³-hybridized carbons (Fsp3) is 1.00. The van der Waals surface area contributed by atoms with Gasteiger partial charge in [0.25, 0.3) is 0 Å². The van der Waals surface area contributed by atoms with Crippen LogP contribution in [-0.2, 0) is 18.0 Å². The van der Waals surface area contributed by atoms with Gasteiger partial charge in [-0.25, -0.2) is 4.31 Å². The van der Waals surface area contributed by atoms with Crippen molar-refractivity contribution in [3.63, 3.8) is 0 Å². The van der Waals surface area contributed by atoms with Crippen LogP contribution in [0.1, 0.15) is 149 Å². The van der Waals surface area contributed by atoms with Gasteiger partial charge in [0.05, 0.1) is 18.9 Å². The molecule has 0 aliphatic rings. The van der Waals surface area contributed by atoms with Crippen LogP contribution in [0.15, 0.2) is 0 Å². The molecule has 0 fully saturated rings. The summed E-state index contributed by atoms with van der Waals surface area (Å²) in [5.41, 5.74) is 0. The molecule has 0 saturated heterocycles. The van der Waals surface area contributed by atoms with Crippen molar-refractivity contribution in [2.24, 2.45) is 0 Å². The second-order valence-electron chi connectivity index (χ2n) is 9.56. The second-order valence-corrected chi connectivity index (χ2v) is 13.9. The first-order valence-electron chi connectivity index (χ1n) is 14.2. The Hall–Kier alpha value is 0.340. The average molecular weight is 511 g/mol. The number of rotatable bonds is 26. The van der Waals surface area contributed by atoms with Gasteiger partial charge < -0.3 is 9.42 Å². The fourth-order valence-corrected chi connectivity index (χ4v) is 8.31. The van der Waals surface area contributed by atoms with Gasteiger partial charge in [-0.2, -0.15) is 0 Å². The highest BCUT2D eigenvalue weighted by atomic mass is 31.3. The summed E-state index contributed by atoms with van der Waals surface area (Å²) in [6.45, 7) is 6.44. The van der Waals surface area contributed by atoms with Gasteiger partial charge in [0, 0.05) is 0 Å². The van der Waals surface area contributed by atoms with Crippen LogP contribution in [0.2, 0.25) is 0 Å². The molecule has 2 atom stereocenters.